The van der Waals surface area contributed by atoms with Crippen molar-refractivity contribution in [3.63, 3.8) is 0 Å². The van der Waals surface area contributed by atoms with Crippen molar-refractivity contribution < 1.29 is 13.2 Å². The van der Waals surface area contributed by atoms with Crippen LogP contribution in [0.1, 0.15) is 32.1 Å². The Bertz CT molecular complexity index is 662. The monoisotopic (exact) mass is 345 g/mol. The first kappa shape index (κ1) is 16.2. The molecule has 124 valence electrons. The van der Waals surface area contributed by atoms with Gasteiger partial charge in [-0.05, 0) is 24.4 Å². The third-order valence-corrected chi connectivity index (χ3v) is 4.53. The Balaban J connectivity index is 1.83. The van der Waals surface area contributed by atoms with Crippen LogP contribution in [-0.2, 0) is 6.54 Å². The Morgan fingerprint density at radius 3 is 2.39 bits per heavy atom. The lowest BCUT2D eigenvalue weighted by molar-refractivity contribution is -0.240. The van der Waals surface area contributed by atoms with E-state index in [2.05, 4.69) is 20.3 Å². The number of nitrogens with zero attached hydrogens (tertiary/aromatic N) is 5. The van der Waals surface area contributed by atoms with E-state index in [1.165, 1.54) is 23.3 Å². The quantitative estimate of drug-likeness (QED) is 0.792. The van der Waals surface area contributed by atoms with Gasteiger partial charge in [0.1, 0.15) is 5.69 Å². The van der Waals surface area contributed by atoms with Gasteiger partial charge in [-0.15, -0.1) is 5.10 Å². The molecule has 1 aliphatic carbocycles. The summed E-state index contributed by atoms with van der Waals surface area (Å²) in [6.45, 7) is -0.210. The lowest BCUT2D eigenvalue weighted by Crippen LogP contribution is -2.43. The minimum absolute atomic E-state index is 0.0966. The first-order chi connectivity index (χ1) is 10.9. The van der Waals surface area contributed by atoms with Crippen LogP contribution in [0.5, 0.6) is 0 Å². The summed E-state index contributed by atoms with van der Waals surface area (Å²) in [5, 5.41) is 7.86. The van der Waals surface area contributed by atoms with Crippen LogP contribution in [0.15, 0.2) is 18.6 Å². The number of aromatic nitrogens is 5. The zero-order valence-electron chi connectivity index (χ0n) is 12.2. The van der Waals surface area contributed by atoms with E-state index in [1.54, 1.807) is 0 Å². The molecule has 0 aromatic carbocycles. The molecule has 0 radical (unpaired) electrons. The van der Waals surface area contributed by atoms with E-state index >= 15 is 0 Å². The van der Waals surface area contributed by atoms with Crippen molar-refractivity contribution in [1.29, 1.82) is 0 Å². The third-order valence-electron chi connectivity index (χ3n) is 4.33. The van der Waals surface area contributed by atoms with Crippen molar-refractivity contribution in [2.45, 2.75) is 44.8 Å². The van der Waals surface area contributed by atoms with Gasteiger partial charge in [0.25, 0.3) is 0 Å². The van der Waals surface area contributed by atoms with Gasteiger partial charge in [0.2, 0.25) is 5.28 Å². The highest BCUT2D eigenvalue weighted by Gasteiger charge is 2.54. The highest BCUT2D eigenvalue weighted by molar-refractivity contribution is 6.28. The molecule has 3 rings (SSSR count). The lowest BCUT2D eigenvalue weighted by atomic mass is 9.73. The molecule has 0 amide bonds. The zero-order chi connectivity index (χ0) is 16.5. The highest BCUT2D eigenvalue weighted by Crippen LogP contribution is 2.50. The minimum atomic E-state index is -4.25. The van der Waals surface area contributed by atoms with E-state index in [0.717, 1.165) is 6.42 Å². The van der Waals surface area contributed by atoms with Crippen molar-refractivity contribution in [2.24, 2.45) is 5.41 Å². The van der Waals surface area contributed by atoms with Gasteiger partial charge in [-0.25, -0.2) is 9.97 Å². The Morgan fingerprint density at radius 2 is 1.78 bits per heavy atom. The zero-order valence-corrected chi connectivity index (χ0v) is 13.0. The van der Waals surface area contributed by atoms with Crippen LogP contribution >= 0.6 is 11.6 Å². The predicted octanol–water partition coefficient (Wildman–Crippen LogP) is 3.90. The second kappa shape index (κ2) is 6.07. The molecule has 1 fully saturated rings. The molecular formula is C14H15ClF3N5. The van der Waals surface area contributed by atoms with Gasteiger partial charge < -0.3 is 0 Å². The van der Waals surface area contributed by atoms with Crippen molar-refractivity contribution in [3.05, 3.63) is 23.9 Å². The minimum Gasteiger partial charge on any atom is -0.251 e. The smallest absolute Gasteiger partial charge is 0.251 e. The Kier molecular flexibility index (Phi) is 4.27. The van der Waals surface area contributed by atoms with Crippen LogP contribution in [-0.4, -0.2) is 31.1 Å². The number of alkyl halides is 3. The fraction of sp³-hybridized carbons (Fsp3) is 0.571. The molecule has 0 unspecified atom stereocenters. The average molecular weight is 346 g/mol. The third kappa shape index (κ3) is 3.31. The summed E-state index contributed by atoms with van der Waals surface area (Å²) in [6, 6.07) is 0. The maximum absolute atomic E-state index is 13.6. The fourth-order valence-electron chi connectivity index (χ4n) is 3.02. The van der Waals surface area contributed by atoms with Gasteiger partial charge in [-0.1, -0.05) is 24.5 Å². The second-order valence-corrected chi connectivity index (χ2v) is 6.22. The molecular weight excluding hydrogens is 331 g/mol. The molecule has 2 heterocycles. The van der Waals surface area contributed by atoms with E-state index in [9.17, 15) is 13.2 Å². The Hall–Kier alpha value is -1.70. The molecule has 0 saturated heterocycles. The number of hydrogen-bond donors (Lipinski definition) is 0. The maximum atomic E-state index is 13.6. The molecule has 9 heteroatoms. The second-order valence-electron chi connectivity index (χ2n) is 5.88. The normalized spacial score (nSPS) is 18.1. The summed E-state index contributed by atoms with van der Waals surface area (Å²) >= 11 is 5.61. The van der Waals surface area contributed by atoms with Crippen molar-refractivity contribution in [2.75, 3.05) is 0 Å². The van der Waals surface area contributed by atoms with Crippen LogP contribution < -0.4 is 0 Å². The van der Waals surface area contributed by atoms with Crippen LogP contribution in [0, 0.1) is 5.41 Å². The molecule has 2 aromatic heterocycles. The van der Waals surface area contributed by atoms with Crippen molar-refractivity contribution in [3.8, 4) is 11.3 Å². The van der Waals surface area contributed by atoms with E-state index < -0.39 is 11.6 Å². The van der Waals surface area contributed by atoms with Crippen molar-refractivity contribution in [1.82, 2.24) is 25.0 Å². The Labute approximate surface area is 135 Å². The fourth-order valence-corrected chi connectivity index (χ4v) is 3.12. The van der Waals surface area contributed by atoms with Crippen LogP contribution in [0.4, 0.5) is 13.2 Å². The molecule has 0 N–H and O–H groups in total. The summed E-state index contributed by atoms with van der Waals surface area (Å²) in [5.41, 5.74) is -0.729. The van der Waals surface area contributed by atoms with Gasteiger partial charge in [-0.3, -0.25) is 4.68 Å². The van der Waals surface area contributed by atoms with E-state index in [4.69, 9.17) is 11.6 Å². The summed E-state index contributed by atoms with van der Waals surface area (Å²) in [6.07, 6.45) is 2.47. The Morgan fingerprint density at radius 1 is 1.13 bits per heavy atom. The first-order valence-corrected chi connectivity index (χ1v) is 7.72. The maximum Gasteiger partial charge on any atom is 0.396 e. The average Bonchev–Trinajstić information content (AvgIpc) is 2.96. The molecule has 0 spiro atoms. The number of halogens is 4. The molecule has 0 aliphatic heterocycles. The standard InChI is InChI=1S/C14H15ClF3N5/c15-12-19-6-10(7-20-12)11-8-23(22-21-11)9-13(14(16,17)18)4-2-1-3-5-13/h6-8H,1-5,9H2. The molecule has 5 nitrogen and oxygen atoms in total. The van der Waals surface area contributed by atoms with Gasteiger partial charge in [-0.2, -0.15) is 13.2 Å². The summed E-state index contributed by atoms with van der Waals surface area (Å²) in [4.78, 5) is 7.66. The molecule has 23 heavy (non-hydrogen) atoms. The summed E-state index contributed by atoms with van der Waals surface area (Å²) in [7, 11) is 0. The largest absolute Gasteiger partial charge is 0.396 e. The molecule has 1 saturated carbocycles. The summed E-state index contributed by atoms with van der Waals surface area (Å²) in [5.74, 6) is 0. The van der Waals surface area contributed by atoms with E-state index in [-0.39, 0.29) is 24.7 Å². The van der Waals surface area contributed by atoms with Crippen molar-refractivity contribution >= 4 is 11.6 Å². The summed E-state index contributed by atoms with van der Waals surface area (Å²) < 4.78 is 41.9. The van der Waals surface area contributed by atoms with Gasteiger partial charge in [0.05, 0.1) is 18.2 Å². The first-order valence-electron chi connectivity index (χ1n) is 7.34. The van der Waals surface area contributed by atoms with Crippen LogP contribution in [0.2, 0.25) is 5.28 Å². The van der Waals surface area contributed by atoms with Gasteiger partial charge >= 0.3 is 6.18 Å². The van der Waals surface area contributed by atoms with E-state index in [0.29, 0.717) is 24.1 Å². The van der Waals surface area contributed by atoms with E-state index in [1.807, 2.05) is 0 Å². The molecule has 1 aliphatic rings. The lowest BCUT2D eigenvalue weighted by Gasteiger charge is -2.38. The molecule has 2 aromatic rings. The number of rotatable bonds is 3. The predicted molar refractivity (Wildman–Crippen MR) is 77.6 cm³/mol. The highest BCUT2D eigenvalue weighted by atomic mass is 35.5. The van der Waals surface area contributed by atoms with Crippen LogP contribution in [0.3, 0.4) is 0 Å². The van der Waals surface area contributed by atoms with Gasteiger partial charge in [0.15, 0.2) is 0 Å². The SMILES string of the molecule is FC(F)(F)C1(Cn2cc(-c3cnc(Cl)nc3)nn2)CCCCC1. The molecule has 0 bridgehead atoms. The van der Waals surface area contributed by atoms with Gasteiger partial charge in [0, 0.05) is 18.0 Å². The molecule has 0 atom stereocenters. The number of hydrogen-bond acceptors (Lipinski definition) is 4. The topological polar surface area (TPSA) is 56.5 Å². The van der Waals surface area contributed by atoms with Crippen LogP contribution in [0.25, 0.3) is 11.3 Å².